The molecular formula is C14H21BrN4O. The van der Waals surface area contributed by atoms with Gasteiger partial charge >= 0.3 is 0 Å². The third-order valence-electron chi connectivity index (χ3n) is 3.83. The fourth-order valence-corrected chi connectivity index (χ4v) is 3.16. The molecule has 110 valence electrons. The Balaban J connectivity index is 2.39. The van der Waals surface area contributed by atoms with Gasteiger partial charge in [0, 0.05) is 19.0 Å². The minimum Gasteiger partial charge on any atom is -0.466 e. The highest BCUT2D eigenvalue weighted by atomic mass is 79.9. The van der Waals surface area contributed by atoms with E-state index in [-0.39, 0.29) is 6.04 Å². The van der Waals surface area contributed by atoms with Crippen LogP contribution in [0.15, 0.2) is 8.89 Å². The lowest BCUT2D eigenvalue weighted by Gasteiger charge is -2.17. The number of hydrogen-bond donors (Lipinski definition) is 2. The number of rotatable bonds is 4. The van der Waals surface area contributed by atoms with Gasteiger partial charge in [0.25, 0.3) is 0 Å². The lowest BCUT2D eigenvalue weighted by molar-refractivity contribution is 0.480. The lowest BCUT2D eigenvalue weighted by Crippen LogP contribution is -2.31. The van der Waals surface area contributed by atoms with E-state index in [0.29, 0.717) is 0 Å². The van der Waals surface area contributed by atoms with Crippen LogP contribution in [0.2, 0.25) is 0 Å². The number of nitrogens with zero attached hydrogens (tertiary/aromatic N) is 2. The average molecular weight is 341 g/mol. The van der Waals surface area contributed by atoms with Crippen LogP contribution in [0.4, 0.5) is 0 Å². The smallest absolute Gasteiger partial charge is 0.106 e. The van der Waals surface area contributed by atoms with Crippen molar-refractivity contribution in [1.29, 1.82) is 0 Å². The van der Waals surface area contributed by atoms with Gasteiger partial charge in [0.05, 0.1) is 21.9 Å². The minimum atomic E-state index is -0.00134. The number of hydrogen-bond acceptors (Lipinski definition) is 4. The van der Waals surface area contributed by atoms with Crippen LogP contribution < -0.4 is 11.3 Å². The molecule has 0 saturated heterocycles. The van der Waals surface area contributed by atoms with E-state index in [1.807, 2.05) is 32.5 Å². The molecule has 6 heteroatoms. The van der Waals surface area contributed by atoms with E-state index in [0.717, 1.165) is 44.9 Å². The van der Waals surface area contributed by atoms with Gasteiger partial charge < -0.3 is 4.42 Å². The summed E-state index contributed by atoms with van der Waals surface area (Å²) < 4.78 is 8.63. The molecule has 0 spiro atoms. The van der Waals surface area contributed by atoms with Crippen molar-refractivity contribution in [2.24, 2.45) is 12.9 Å². The molecule has 3 N–H and O–H groups in total. The van der Waals surface area contributed by atoms with Crippen LogP contribution in [-0.2, 0) is 13.5 Å². The van der Waals surface area contributed by atoms with E-state index in [4.69, 9.17) is 10.3 Å². The van der Waals surface area contributed by atoms with Crippen molar-refractivity contribution < 1.29 is 4.42 Å². The van der Waals surface area contributed by atoms with Gasteiger partial charge in [-0.15, -0.1) is 0 Å². The summed E-state index contributed by atoms with van der Waals surface area (Å²) in [5.74, 6) is 7.63. The molecule has 0 bridgehead atoms. The molecule has 0 aromatic carbocycles. The SMILES string of the molecule is Cc1nn(C)c(CC(NN)c2c(C)oc(C)c2C)c1Br. The standard InChI is InChI=1S/C14H21BrN4O/c1-7-9(3)20-10(4)13(7)11(17-16)6-12-14(15)8(2)18-19(12)5/h11,17H,6,16H2,1-5H3. The third-order valence-corrected chi connectivity index (χ3v) is 4.86. The van der Waals surface area contributed by atoms with E-state index in [1.165, 1.54) is 0 Å². The molecule has 0 aliphatic rings. The van der Waals surface area contributed by atoms with Crippen LogP contribution in [0.5, 0.6) is 0 Å². The molecular weight excluding hydrogens is 320 g/mol. The summed E-state index contributed by atoms with van der Waals surface area (Å²) in [5.41, 5.74) is 7.29. The maximum absolute atomic E-state index is 5.77. The minimum absolute atomic E-state index is 0.00134. The van der Waals surface area contributed by atoms with Crippen LogP contribution >= 0.6 is 15.9 Å². The summed E-state index contributed by atoms with van der Waals surface area (Å²) in [5, 5.41) is 4.42. The molecule has 5 nitrogen and oxygen atoms in total. The predicted octanol–water partition coefficient (Wildman–Crippen LogP) is 2.76. The molecule has 0 amide bonds. The first-order valence-corrected chi connectivity index (χ1v) is 7.36. The molecule has 0 aliphatic carbocycles. The Morgan fingerprint density at radius 2 is 1.95 bits per heavy atom. The second-order valence-electron chi connectivity index (χ2n) is 5.15. The molecule has 0 aliphatic heterocycles. The molecule has 1 atom stereocenters. The summed E-state index contributed by atoms with van der Waals surface area (Å²) in [7, 11) is 1.95. The number of nitrogens with one attached hydrogen (secondary N) is 1. The highest BCUT2D eigenvalue weighted by Gasteiger charge is 2.23. The van der Waals surface area contributed by atoms with Crippen LogP contribution in [-0.4, -0.2) is 9.78 Å². The number of furan rings is 1. The van der Waals surface area contributed by atoms with E-state index in [2.05, 4.69) is 33.4 Å². The maximum atomic E-state index is 5.77. The van der Waals surface area contributed by atoms with Gasteiger partial charge in [0.15, 0.2) is 0 Å². The zero-order valence-corrected chi connectivity index (χ0v) is 14.1. The van der Waals surface area contributed by atoms with E-state index >= 15 is 0 Å². The highest BCUT2D eigenvalue weighted by molar-refractivity contribution is 9.10. The highest BCUT2D eigenvalue weighted by Crippen LogP contribution is 2.31. The first kappa shape index (κ1) is 15.3. The largest absolute Gasteiger partial charge is 0.466 e. The molecule has 2 rings (SSSR count). The molecule has 2 aromatic heterocycles. The Bertz CT molecular complexity index is 630. The van der Waals surface area contributed by atoms with Crippen LogP contribution in [0.25, 0.3) is 0 Å². The van der Waals surface area contributed by atoms with Crippen molar-refractivity contribution in [3.05, 3.63) is 38.5 Å². The number of halogens is 1. The van der Waals surface area contributed by atoms with Gasteiger partial charge in [-0.1, -0.05) is 0 Å². The normalized spacial score (nSPS) is 12.9. The zero-order chi connectivity index (χ0) is 15.0. The Hall–Kier alpha value is -1.11. The summed E-state index contributed by atoms with van der Waals surface area (Å²) in [6.07, 6.45) is 0.745. The van der Waals surface area contributed by atoms with Crippen LogP contribution in [0.3, 0.4) is 0 Å². The molecule has 2 heterocycles. The Labute approximate surface area is 127 Å². The second kappa shape index (κ2) is 5.71. The molecule has 20 heavy (non-hydrogen) atoms. The fraction of sp³-hybridized carbons (Fsp3) is 0.500. The molecule has 0 saturated carbocycles. The molecule has 1 unspecified atom stereocenters. The van der Waals surface area contributed by atoms with Gasteiger partial charge in [0.1, 0.15) is 11.5 Å². The van der Waals surface area contributed by atoms with Crippen molar-refractivity contribution in [2.45, 2.75) is 40.2 Å². The monoisotopic (exact) mass is 340 g/mol. The Kier molecular flexibility index (Phi) is 4.36. The first-order chi connectivity index (χ1) is 9.36. The summed E-state index contributed by atoms with van der Waals surface area (Å²) in [6, 6.07) is -0.00134. The van der Waals surface area contributed by atoms with Crippen molar-refractivity contribution in [1.82, 2.24) is 15.2 Å². The summed E-state index contributed by atoms with van der Waals surface area (Å²) in [6.45, 7) is 8.00. The molecule has 0 fully saturated rings. The van der Waals surface area contributed by atoms with Gasteiger partial charge in [-0.25, -0.2) is 0 Å². The topological polar surface area (TPSA) is 69.0 Å². The van der Waals surface area contributed by atoms with Gasteiger partial charge in [-0.2, -0.15) is 5.10 Å². The first-order valence-electron chi connectivity index (χ1n) is 6.57. The average Bonchev–Trinajstić information content (AvgIpc) is 2.77. The third kappa shape index (κ3) is 2.55. The number of aromatic nitrogens is 2. The van der Waals surface area contributed by atoms with Crippen molar-refractivity contribution in [3.63, 3.8) is 0 Å². The van der Waals surface area contributed by atoms with Crippen molar-refractivity contribution >= 4 is 15.9 Å². The lowest BCUT2D eigenvalue weighted by atomic mass is 9.98. The number of aryl methyl sites for hydroxylation is 4. The molecule has 2 aromatic rings. The van der Waals surface area contributed by atoms with Gasteiger partial charge in [0.2, 0.25) is 0 Å². The quantitative estimate of drug-likeness (QED) is 0.663. The van der Waals surface area contributed by atoms with Gasteiger partial charge in [-0.05, 0) is 49.2 Å². The van der Waals surface area contributed by atoms with Crippen molar-refractivity contribution in [2.75, 3.05) is 0 Å². The Morgan fingerprint density at radius 1 is 1.30 bits per heavy atom. The predicted molar refractivity (Wildman–Crippen MR) is 82.3 cm³/mol. The Morgan fingerprint density at radius 3 is 2.35 bits per heavy atom. The summed E-state index contributed by atoms with van der Waals surface area (Å²) >= 11 is 3.60. The maximum Gasteiger partial charge on any atom is 0.106 e. The van der Waals surface area contributed by atoms with E-state index in [9.17, 15) is 0 Å². The van der Waals surface area contributed by atoms with E-state index < -0.39 is 0 Å². The second-order valence-corrected chi connectivity index (χ2v) is 5.94. The van der Waals surface area contributed by atoms with Crippen molar-refractivity contribution in [3.8, 4) is 0 Å². The fourth-order valence-electron chi connectivity index (χ4n) is 2.66. The zero-order valence-electron chi connectivity index (χ0n) is 12.5. The van der Waals surface area contributed by atoms with Gasteiger partial charge in [-0.3, -0.25) is 16.0 Å². The van der Waals surface area contributed by atoms with E-state index in [1.54, 1.807) is 0 Å². The van der Waals surface area contributed by atoms with Crippen LogP contribution in [0.1, 0.15) is 40.1 Å². The number of hydrazine groups is 1. The van der Waals surface area contributed by atoms with Crippen LogP contribution in [0, 0.1) is 27.7 Å². The molecule has 0 radical (unpaired) electrons. The summed E-state index contributed by atoms with van der Waals surface area (Å²) in [4.78, 5) is 0. The number of nitrogens with two attached hydrogens (primary N) is 1.